The number of nitrogens with two attached hydrogens (primary N) is 2. The van der Waals surface area contributed by atoms with Crippen LogP contribution in [0.25, 0.3) is 0 Å². The Labute approximate surface area is 235 Å². The highest BCUT2D eigenvalue weighted by Gasteiger charge is 2.54. The number of carboxylic acid groups (broad SMARTS) is 1. The van der Waals surface area contributed by atoms with E-state index in [9.17, 15) is 59.6 Å². The van der Waals surface area contributed by atoms with Gasteiger partial charge >= 0.3 is 5.69 Å². The molecule has 0 spiro atoms. The second kappa shape index (κ2) is 13.3. The summed E-state index contributed by atoms with van der Waals surface area (Å²) in [5, 5.41) is 74.8. The van der Waals surface area contributed by atoms with Crippen LogP contribution in [0.15, 0.2) is 17.1 Å². The number of carbonyl (C=O) groups excluding carboxylic acids is 2. The van der Waals surface area contributed by atoms with Crippen molar-refractivity contribution in [2.75, 3.05) is 25.5 Å². The summed E-state index contributed by atoms with van der Waals surface area (Å²) < 4.78 is 33.1. The first-order chi connectivity index (χ1) is 19.6. The molecule has 0 radical (unpaired) electrons. The summed E-state index contributed by atoms with van der Waals surface area (Å²) in [4.78, 5) is 52.1. The maximum atomic E-state index is 12.7. The maximum Gasteiger partial charge on any atom is 0.351 e. The normalized spacial score (nSPS) is 34.3. The van der Waals surface area contributed by atoms with Gasteiger partial charge in [-0.1, -0.05) is 0 Å². The van der Waals surface area contributed by atoms with Crippen molar-refractivity contribution in [2.45, 2.75) is 67.2 Å². The van der Waals surface area contributed by atoms with Gasteiger partial charge in [-0.15, -0.1) is 0 Å². The third-order valence-electron chi connectivity index (χ3n) is 6.43. The monoisotopic (exact) mass is 627 g/mol. The predicted octanol–water partition coefficient (Wildman–Crippen LogP) is -8.30. The fourth-order valence-corrected chi connectivity index (χ4v) is 5.25. The molecular formula is C20H30N5O16P-2. The summed E-state index contributed by atoms with van der Waals surface area (Å²) in [6.07, 6.45) is -15.4. The molecule has 11 atom stereocenters. The number of hydrogen-bond acceptors (Lipinski definition) is 19. The van der Waals surface area contributed by atoms with Gasteiger partial charge in [0.2, 0.25) is 11.7 Å². The largest absolute Gasteiger partial charge is 0.756 e. The quantitative estimate of drug-likeness (QED) is 0.0971. The van der Waals surface area contributed by atoms with Gasteiger partial charge in [-0.25, -0.2) is 4.79 Å². The Morgan fingerprint density at radius 3 is 2.55 bits per heavy atom. The van der Waals surface area contributed by atoms with Crippen molar-refractivity contribution in [2.24, 2.45) is 5.73 Å². The lowest BCUT2D eigenvalue weighted by Crippen LogP contribution is -2.69. The lowest BCUT2D eigenvalue weighted by atomic mass is 9.88. The minimum atomic E-state index is -5.83. The number of aliphatic hydroxyl groups is 6. The highest BCUT2D eigenvalue weighted by Crippen LogP contribution is 2.48. The summed E-state index contributed by atoms with van der Waals surface area (Å²) in [7, 11) is -5.83. The zero-order valence-electron chi connectivity index (χ0n) is 21.4. The van der Waals surface area contributed by atoms with Crippen LogP contribution < -0.4 is 32.5 Å². The standard InChI is InChI=1S/C20H32N5O16P/c21-4-11(29)24-12-7(27)3-20(18(33)34,40-16(12)13(30)8(28)5-26)41-42(36,37)38-6-9-14(31)15(32)17(39-9)25-2-1-10(22)23-19(25)35/h1-2,7-9,12-17,26-28,30-32H,3-6,21H2,(H,24,29)(H,33,34)(H,36,37)(H2,22,23,35)/p-2/t7?,8-,9?,12?,13-,14?,15?,16?,17?,20?/m1/s1. The molecule has 9 unspecified atom stereocenters. The van der Waals surface area contributed by atoms with Gasteiger partial charge in [0, 0.05) is 12.6 Å². The summed E-state index contributed by atoms with van der Waals surface area (Å²) in [5.74, 6) is -6.89. The molecule has 3 rings (SSSR count). The van der Waals surface area contributed by atoms with Crippen LogP contribution in [0.5, 0.6) is 0 Å². The highest BCUT2D eigenvalue weighted by molar-refractivity contribution is 7.45. The lowest BCUT2D eigenvalue weighted by Gasteiger charge is -2.50. The van der Waals surface area contributed by atoms with Crippen molar-refractivity contribution in [1.82, 2.24) is 14.9 Å². The Balaban J connectivity index is 1.79. The molecule has 2 aliphatic rings. The molecule has 2 fully saturated rings. The number of nitrogen functional groups attached to an aromatic ring is 1. The highest BCUT2D eigenvalue weighted by atomic mass is 31.2. The summed E-state index contributed by atoms with van der Waals surface area (Å²) in [5.41, 5.74) is 9.63. The molecule has 2 saturated heterocycles. The molecule has 2 aliphatic heterocycles. The summed E-state index contributed by atoms with van der Waals surface area (Å²) >= 11 is 0. The van der Waals surface area contributed by atoms with Crippen molar-refractivity contribution in [3.8, 4) is 0 Å². The number of carboxylic acids is 1. The predicted molar refractivity (Wildman–Crippen MR) is 127 cm³/mol. The van der Waals surface area contributed by atoms with Gasteiger partial charge in [0.05, 0.1) is 31.9 Å². The van der Waals surface area contributed by atoms with Gasteiger partial charge in [0.15, 0.2) is 6.23 Å². The molecule has 11 N–H and O–H groups in total. The van der Waals surface area contributed by atoms with E-state index in [1.54, 1.807) is 0 Å². The van der Waals surface area contributed by atoms with Crippen molar-refractivity contribution in [3.05, 3.63) is 22.7 Å². The van der Waals surface area contributed by atoms with Gasteiger partial charge in [-0.3, -0.25) is 18.5 Å². The fourth-order valence-electron chi connectivity index (χ4n) is 4.31. The van der Waals surface area contributed by atoms with Crippen LogP contribution in [0.4, 0.5) is 5.82 Å². The van der Waals surface area contributed by atoms with Crippen LogP contribution in [0.3, 0.4) is 0 Å². The number of nitrogens with one attached hydrogen (secondary N) is 1. The van der Waals surface area contributed by atoms with E-state index in [1.165, 1.54) is 6.07 Å². The SMILES string of the molecule is NCC(=O)NC1C(O)CC(OP(=O)([O-])OCC2OC(n3ccc(N)nc3=O)C(O)C2O)(C(=O)[O-])OC1[C@H](O)[C@H](O)CO. The van der Waals surface area contributed by atoms with Crippen LogP contribution in [0.1, 0.15) is 12.6 Å². The number of nitrogens with zero attached hydrogens (tertiary/aromatic N) is 2. The number of phosphoric ester groups is 1. The average molecular weight is 627 g/mol. The summed E-state index contributed by atoms with van der Waals surface area (Å²) in [6.45, 7) is -2.84. The number of rotatable bonds is 12. The minimum Gasteiger partial charge on any atom is -0.756 e. The van der Waals surface area contributed by atoms with Crippen molar-refractivity contribution >= 4 is 25.5 Å². The third-order valence-corrected chi connectivity index (χ3v) is 7.42. The molecular weight excluding hydrogens is 597 g/mol. The van der Waals surface area contributed by atoms with E-state index < -0.39 is 112 Å². The minimum absolute atomic E-state index is 0.154. The van der Waals surface area contributed by atoms with Gasteiger partial charge < -0.3 is 76.2 Å². The van der Waals surface area contributed by atoms with E-state index in [-0.39, 0.29) is 5.82 Å². The second-order valence-electron chi connectivity index (χ2n) is 9.36. The molecule has 0 aliphatic carbocycles. The van der Waals surface area contributed by atoms with Crippen LogP contribution in [-0.2, 0) is 32.7 Å². The number of ether oxygens (including phenoxy) is 2. The van der Waals surface area contributed by atoms with Crippen LogP contribution in [0, 0.1) is 0 Å². The van der Waals surface area contributed by atoms with Crippen LogP contribution >= 0.6 is 7.82 Å². The van der Waals surface area contributed by atoms with E-state index in [1.807, 2.05) is 0 Å². The molecule has 42 heavy (non-hydrogen) atoms. The molecule has 238 valence electrons. The van der Waals surface area contributed by atoms with Crippen LogP contribution in [-0.4, -0.2) is 126 Å². The molecule has 22 heteroatoms. The van der Waals surface area contributed by atoms with Crippen molar-refractivity contribution < 1.29 is 73.3 Å². The zero-order valence-corrected chi connectivity index (χ0v) is 22.3. The zero-order chi connectivity index (χ0) is 31.6. The Hall–Kier alpha value is -2.63. The molecule has 0 saturated carbocycles. The number of carbonyl (C=O) groups is 2. The van der Waals surface area contributed by atoms with Gasteiger partial charge in [0.25, 0.3) is 7.82 Å². The number of aliphatic carboxylic acids is 1. The van der Waals surface area contributed by atoms with E-state index in [4.69, 9.17) is 20.9 Å². The number of aliphatic hydroxyl groups excluding tert-OH is 6. The van der Waals surface area contributed by atoms with Crippen LogP contribution in [0.2, 0.25) is 0 Å². The van der Waals surface area contributed by atoms with Gasteiger partial charge in [0.1, 0.15) is 48.4 Å². The first kappa shape index (κ1) is 33.9. The Morgan fingerprint density at radius 1 is 1.31 bits per heavy atom. The molecule has 1 aromatic heterocycles. The fraction of sp³-hybridized carbons (Fsp3) is 0.700. The van der Waals surface area contributed by atoms with E-state index in [2.05, 4.69) is 19.3 Å². The Bertz CT molecular complexity index is 1240. The number of hydrogen-bond donors (Lipinski definition) is 9. The second-order valence-corrected chi connectivity index (χ2v) is 10.7. The number of anilines is 1. The lowest BCUT2D eigenvalue weighted by molar-refractivity contribution is -0.377. The average Bonchev–Trinajstić information content (AvgIpc) is 3.20. The molecule has 3 heterocycles. The topological polar surface area (TPSA) is 355 Å². The smallest absolute Gasteiger partial charge is 0.351 e. The molecule has 0 bridgehead atoms. The Morgan fingerprint density at radius 2 is 1.98 bits per heavy atom. The maximum absolute atomic E-state index is 12.7. The number of phosphoric acid groups is 1. The Kier molecular flexibility index (Phi) is 10.8. The first-order valence-electron chi connectivity index (χ1n) is 12.1. The third kappa shape index (κ3) is 7.29. The van der Waals surface area contributed by atoms with E-state index in [0.717, 1.165) is 10.8 Å². The summed E-state index contributed by atoms with van der Waals surface area (Å²) in [6, 6.07) is -0.506. The molecule has 0 aromatic carbocycles. The number of aromatic nitrogens is 2. The molecule has 1 aromatic rings. The first-order valence-corrected chi connectivity index (χ1v) is 13.6. The van der Waals surface area contributed by atoms with E-state index in [0.29, 0.717) is 0 Å². The number of amides is 1. The molecule has 1 amide bonds. The van der Waals surface area contributed by atoms with Gasteiger partial charge in [-0.2, -0.15) is 4.98 Å². The van der Waals surface area contributed by atoms with Crippen molar-refractivity contribution in [3.63, 3.8) is 0 Å². The van der Waals surface area contributed by atoms with E-state index >= 15 is 0 Å². The molecule has 21 nitrogen and oxygen atoms in total. The van der Waals surface area contributed by atoms with Crippen molar-refractivity contribution in [1.29, 1.82) is 0 Å². The van der Waals surface area contributed by atoms with Gasteiger partial charge in [-0.05, 0) is 6.07 Å².